The molecule has 0 aliphatic heterocycles. The topological polar surface area (TPSA) is 65.4 Å². The smallest absolute Gasteiger partial charge is 0.387 e. The van der Waals surface area contributed by atoms with Crippen molar-refractivity contribution in [3.63, 3.8) is 0 Å². The number of aromatic nitrogens is 2. The third kappa shape index (κ3) is 4.40. The minimum absolute atomic E-state index is 0.0208. The van der Waals surface area contributed by atoms with Crippen molar-refractivity contribution in [2.45, 2.75) is 13.5 Å². The molecule has 1 amide bonds. The molecule has 28 heavy (non-hydrogen) atoms. The number of halogens is 3. The van der Waals surface area contributed by atoms with E-state index in [4.69, 9.17) is 16.3 Å². The maximum Gasteiger partial charge on any atom is 0.387 e. The molecule has 0 unspecified atom stereocenters. The predicted octanol–water partition coefficient (Wildman–Crippen LogP) is 4.70. The number of hydrogen-bond acceptors (Lipinski definition) is 4. The first-order valence-electron chi connectivity index (χ1n) is 8.14. The second kappa shape index (κ2) is 8.26. The molecule has 9 heteroatoms. The second-order valence-corrected chi connectivity index (χ2v) is 6.20. The normalized spacial score (nSPS) is 10.8. The summed E-state index contributed by atoms with van der Waals surface area (Å²) in [6.07, 6.45) is 0. The van der Waals surface area contributed by atoms with Gasteiger partial charge in [-0.25, -0.2) is 4.68 Å². The highest BCUT2D eigenvalue weighted by atomic mass is 35.5. The Labute approximate surface area is 164 Å². The molecule has 1 N–H and O–H groups in total. The number of hydrogen-bond donors (Lipinski definition) is 1. The van der Waals surface area contributed by atoms with Gasteiger partial charge in [0.2, 0.25) is 0 Å². The zero-order chi connectivity index (χ0) is 20.3. The summed E-state index contributed by atoms with van der Waals surface area (Å²) in [5, 5.41) is 7.65. The molecule has 3 rings (SSSR count). The van der Waals surface area contributed by atoms with Crippen LogP contribution in [0.1, 0.15) is 16.1 Å². The Bertz CT molecular complexity index is 1010. The van der Waals surface area contributed by atoms with E-state index < -0.39 is 12.5 Å². The number of nitrogens with one attached hydrogen (secondary N) is 1. The number of nitrogens with zero attached hydrogens (tertiary/aromatic N) is 2. The van der Waals surface area contributed by atoms with Crippen molar-refractivity contribution >= 4 is 23.3 Å². The minimum Gasteiger partial charge on any atom is -0.493 e. The van der Waals surface area contributed by atoms with Gasteiger partial charge < -0.3 is 14.8 Å². The molecule has 0 saturated heterocycles. The van der Waals surface area contributed by atoms with Gasteiger partial charge >= 0.3 is 6.61 Å². The molecule has 1 heterocycles. The predicted molar refractivity (Wildman–Crippen MR) is 101 cm³/mol. The molecule has 2 aromatic carbocycles. The first kappa shape index (κ1) is 19.6. The molecule has 0 spiro atoms. The Morgan fingerprint density at radius 3 is 2.64 bits per heavy atom. The molecule has 0 aliphatic rings. The van der Waals surface area contributed by atoms with Crippen molar-refractivity contribution in [2.24, 2.45) is 0 Å². The Morgan fingerprint density at radius 1 is 1.18 bits per heavy atom. The van der Waals surface area contributed by atoms with Crippen LogP contribution < -0.4 is 14.8 Å². The number of ether oxygens (including phenoxy) is 2. The van der Waals surface area contributed by atoms with Crippen molar-refractivity contribution in [3.05, 3.63) is 64.8 Å². The van der Waals surface area contributed by atoms with Gasteiger partial charge in [-0.15, -0.1) is 0 Å². The van der Waals surface area contributed by atoms with Crippen LogP contribution in [0.25, 0.3) is 5.69 Å². The van der Waals surface area contributed by atoms with E-state index in [-0.39, 0.29) is 17.1 Å². The SMILES string of the molecule is COc1cc(C(=O)Nc2cc(C)nn2-c2cccc(Cl)c2)ccc1OC(F)F. The van der Waals surface area contributed by atoms with Gasteiger partial charge in [0.25, 0.3) is 5.91 Å². The number of aryl methyl sites for hydroxylation is 1. The second-order valence-electron chi connectivity index (χ2n) is 5.76. The van der Waals surface area contributed by atoms with Crippen LogP contribution in [-0.2, 0) is 0 Å². The van der Waals surface area contributed by atoms with Crippen LogP contribution >= 0.6 is 11.6 Å². The summed E-state index contributed by atoms with van der Waals surface area (Å²) in [6.45, 7) is -1.21. The number of anilines is 1. The van der Waals surface area contributed by atoms with Crippen LogP contribution in [0.4, 0.5) is 14.6 Å². The number of benzene rings is 2. The monoisotopic (exact) mass is 407 g/mol. The molecule has 6 nitrogen and oxygen atoms in total. The van der Waals surface area contributed by atoms with Crippen LogP contribution in [0.2, 0.25) is 5.02 Å². The summed E-state index contributed by atoms with van der Waals surface area (Å²) in [4.78, 5) is 12.7. The van der Waals surface area contributed by atoms with Gasteiger partial charge in [-0.05, 0) is 43.3 Å². The standard InChI is InChI=1S/C19H16ClF2N3O3/c1-11-8-17(25(24-11)14-5-3-4-13(20)10-14)23-18(26)12-6-7-15(28-19(21)22)16(9-12)27-2/h3-10,19H,1-2H3,(H,23,26). The number of rotatable bonds is 6. The molecule has 0 radical (unpaired) electrons. The number of methoxy groups -OCH3 is 1. The number of carbonyl (C=O) groups is 1. The van der Waals surface area contributed by atoms with E-state index in [2.05, 4.69) is 15.2 Å². The lowest BCUT2D eigenvalue weighted by Crippen LogP contribution is -2.15. The van der Waals surface area contributed by atoms with E-state index >= 15 is 0 Å². The summed E-state index contributed by atoms with van der Waals surface area (Å²) in [5.74, 6) is -0.178. The van der Waals surface area contributed by atoms with Crippen LogP contribution in [0, 0.1) is 6.92 Å². The molecule has 0 fully saturated rings. The Balaban J connectivity index is 1.88. The number of alkyl halides is 2. The van der Waals surface area contributed by atoms with Gasteiger partial charge in [0, 0.05) is 16.7 Å². The van der Waals surface area contributed by atoms with E-state index in [9.17, 15) is 13.6 Å². The molecule has 3 aromatic rings. The number of amides is 1. The van der Waals surface area contributed by atoms with Gasteiger partial charge in [0.05, 0.1) is 18.5 Å². The fourth-order valence-electron chi connectivity index (χ4n) is 2.58. The van der Waals surface area contributed by atoms with Crippen LogP contribution in [0.3, 0.4) is 0 Å². The fourth-order valence-corrected chi connectivity index (χ4v) is 2.77. The van der Waals surface area contributed by atoms with Crippen molar-refractivity contribution < 1.29 is 23.0 Å². The van der Waals surface area contributed by atoms with Gasteiger partial charge in [-0.3, -0.25) is 4.79 Å². The zero-order valence-electron chi connectivity index (χ0n) is 14.9. The van der Waals surface area contributed by atoms with E-state index in [1.165, 1.54) is 25.3 Å². The molecule has 0 bridgehead atoms. The van der Waals surface area contributed by atoms with Crippen molar-refractivity contribution in [2.75, 3.05) is 12.4 Å². The van der Waals surface area contributed by atoms with Crippen molar-refractivity contribution in [3.8, 4) is 17.2 Å². The largest absolute Gasteiger partial charge is 0.493 e. The van der Waals surface area contributed by atoms with E-state index in [0.29, 0.717) is 22.2 Å². The van der Waals surface area contributed by atoms with Crippen LogP contribution in [0.5, 0.6) is 11.5 Å². The molecule has 0 aliphatic carbocycles. The molecule has 0 saturated carbocycles. The molecule has 1 aromatic heterocycles. The maximum absolute atomic E-state index is 12.7. The molecular weight excluding hydrogens is 392 g/mol. The third-order valence-electron chi connectivity index (χ3n) is 3.77. The summed E-state index contributed by atoms with van der Waals surface area (Å²) >= 11 is 6.03. The zero-order valence-corrected chi connectivity index (χ0v) is 15.7. The summed E-state index contributed by atoms with van der Waals surface area (Å²) < 4.78 is 35.8. The van der Waals surface area contributed by atoms with Gasteiger partial charge in [-0.1, -0.05) is 17.7 Å². The number of carbonyl (C=O) groups excluding carboxylic acids is 1. The average Bonchev–Trinajstić information content (AvgIpc) is 3.01. The highest BCUT2D eigenvalue weighted by molar-refractivity contribution is 6.30. The Morgan fingerprint density at radius 2 is 1.96 bits per heavy atom. The third-order valence-corrected chi connectivity index (χ3v) is 4.00. The van der Waals surface area contributed by atoms with E-state index in [0.717, 1.165) is 0 Å². The van der Waals surface area contributed by atoms with Gasteiger partial charge in [0.15, 0.2) is 11.5 Å². The first-order valence-corrected chi connectivity index (χ1v) is 8.52. The lowest BCUT2D eigenvalue weighted by molar-refractivity contribution is -0.0512. The van der Waals surface area contributed by atoms with E-state index in [1.807, 2.05) is 0 Å². The lowest BCUT2D eigenvalue weighted by atomic mass is 10.2. The summed E-state index contributed by atoms with van der Waals surface area (Å²) in [6, 6.07) is 12.6. The molecule has 146 valence electrons. The Hall–Kier alpha value is -3.13. The van der Waals surface area contributed by atoms with E-state index in [1.54, 1.807) is 41.9 Å². The van der Waals surface area contributed by atoms with Crippen LogP contribution in [0.15, 0.2) is 48.5 Å². The highest BCUT2D eigenvalue weighted by Gasteiger charge is 2.16. The van der Waals surface area contributed by atoms with Crippen LogP contribution in [-0.4, -0.2) is 29.4 Å². The fraction of sp³-hybridized carbons (Fsp3) is 0.158. The van der Waals surface area contributed by atoms with Gasteiger partial charge in [0.1, 0.15) is 5.82 Å². The first-order chi connectivity index (χ1) is 13.4. The summed E-state index contributed by atoms with van der Waals surface area (Å²) in [5.41, 5.74) is 1.57. The maximum atomic E-state index is 12.7. The molecule has 0 atom stereocenters. The molecular formula is C19H16ClF2N3O3. The quantitative estimate of drug-likeness (QED) is 0.643. The Kier molecular flexibility index (Phi) is 5.79. The highest BCUT2D eigenvalue weighted by Crippen LogP contribution is 2.30. The lowest BCUT2D eigenvalue weighted by Gasteiger charge is -2.12. The average molecular weight is 408 g/mol. The van der Waals surface area contributed by atoms with Crippen molar-refractivity contribution in [1.29, 1.82) is 0 Å². The summed E-state index contributed by atoms with van der Waals surface area (Å²) in [7, 11) is 1.30. The van der Waals surface area contributed by atoms with Gasteiger partial charge in [-0.2, -0.15) is 13.9 Å². The minimum atomic E-state index is -3.00. The van der Waals surface area contributed by atoms with Crippen molar-refractivity contribution in [1.82, 2.24) is 9.78 Å².